The number of thiophene rings is 1. The lowest BCUT2D eigenvalue weighted by Gasteiger charge is -2.00. The van der Waals surface area contributed by atoms with Gasteiger partial charge in [-0.15, -0.1) is 11.3 Å². The SMILES string of the molecule is Brc1ccc(CNCCC2CC2)s1. The minimum absolute atomic E-state index is 1.03. The first-order valence-corrected chi connectivity index (χ1v) is 6.40. The van der Waals surface area contributed by atoms with E-state index in [1.54, 1.807) is 0 Å². The van der Waals surface area contributed by atoms with E-state index < -0.39 is 0 Å². The Kier molecular flexibility index (Phi) is 3.41. The zero-order valence-corrected chi connectivity index (χ0v) is 9.96. The third kappa shape index (κ3) is 3.41. The van der Waals surface area contributed by atoms with E-state index in [2.05, 4.69) is 33.4 Å². The molecule has 1 aromatic rings. The molecule has 0 bridgehead atoms. The van der Waals surface area contributed by atoms with Crippen molar-refractivity contribution in [2.45, 2.75) is 25.8 Å². The number of nitrogens with one attached hydrogen (secondary N) is 1. The summed E-state index contributed by atoms with van der Waals surface area (Å²) in [5, 5.41) is 3.48. The fraction of sp³-hybridized carbons (Fsp3) is 0.600. The van der Waals surface area contributed by atoms with Crippen molar-refractivity contribution in [2.75, 3.05) is 6.54 Å². The van der Waals surface area contributed by atoms with Crippen molar-refractivity contribution >= 4 is 27.3 Å². The molecule has 1 N–H and O–H groups in total. The smallest absolute Gasteiger partial charge is 0.0701 e. The minimum atomic E-state index is 1.03. The van der Waals surface area contributed by atoms with E-state index in [-0.39, 0.29) is 0 Å². The molecule has 72 valence electrons. The van der Waals surface area contributed by atoms with Crippen molar-refractivity contribution < 1.29 is 0 Å². The van der Waals surface area contributed by atoms with Crippen LogP contribution in [0.3, 0.4) is 0 Å². The number of hydrogen-bond acceptors (Lipinski definition) is 2. The van der Waals surface area contributed by atoms with Crippen LogP contribution in [0.4, 0.5) is 0 Å². The molecule has 1 heterocycles. The summed E-state index contributed by atoms with van der Waals surface area (Å²) < 4.78 is 1.23. The highest BCUT2D eigenvalue weighted by molar-refractivity contribution is 9.11. The summed E-state index contributed by atoms with van der Waals surface area (Å²) in [6.07, 6.45) is 4.30. The quantitative estimate of drug-likeness (QED) is 0.800. The van der Waals surface area contributed by atoms with Crippen molar-refractivity contribution in [3.8, 4) is 0 Å². The van der Waals surface area contributed by atoms with Gasteiger partial charge in [-0.2, -0.15) is 0 Å². The van der Waals surface area contributed by atoms with Gasteiger partial charge in [0.15, 0.2) is 0 Å². The third-order valence-electron chi connectivity index (χ3n) is 2.35. The van der Waals surface area contributed by atoms with Crippen molar-refractivity contribution in [1.82, 2.24) is 5.32 Å². The zero-order valence-electron chi connectivity index (χ0n) is 7.55. The second-order valence-corrected chi connectivity index (χ2v) is 6.16. The van der Waals surface area contributed by atoms with Crippen LogP contribution in [0.1, 0.15) is 24.1 Å². The average molecular weight is 260 g/mol. The Hall–Kier alpha value is 0.140. The molecular formula is C10H14BrNS. The summed E-state index contributed by atoms with van der Waals surface area (Å²) >= 11 is 5.28. The van der Waals surface area contributed by atoms with Crippen LogP contribution in [0.25, 0.3) is 0 Å². The summed E-state index contributed by atoms with van der Waals surface area (Å²) in [7, 11) is 0. The normalized spacial score (nSPS) is 16.4. The van der Waals surface area contributed by atoms with E-state index in [4.69, 9.17) is 0 Å². The second-order valence-electron chi connectivity index (χ2n) is 3.61. The van der Waals surface area contributed by atoms with Gasteiger partial charge in [-0.3, -0.25) is 0 Å². The van der Waals surface area contributed by atoms with Gasteiger partial charge in [-0.25, -0.2) is 0 Å². The highest BCUT2D eigenvalue weighted by atomic mass is 79.9. The highest BCUT2D eigenvalue weighted by Crippen LogP contribution is 2.31. The number of halogens is 1. The predicted molar refractivity (Wildman–Crippen MR) is 61.1 cm³/mol. The molecule has 0 atom stereocenters. The molecule has 0 aromatic carbocycles. The van der Waals surface area contributed by atoms with Gasteiger partial charge in [-0.05, 0) is 46.9 Å². The van der Waals surface area contributed by atoms with Gasteiger partial charge < -0.3 is 5.32 Å². The summed E-state index contributed by atoms with van der Waals surface area (Å²) in [6, 6.07) is 4.29. The first-order valence-electron chi connectivity index (χ1n) is 4.79. The molecule has 0 unspecified atom stereocenters. The molecule has 1 aromatic heterocycles. The van der Waals surface area contributed by atoms with Crippen LogP contribution in [0, 0.1) is 5.92 Å². The van der Waals surface area contributed by atoms with Crippen molar-refractivity contribution in [1.29, 1.82) is 0 Å². The second kappa shape index (κ2) is 4.58. The van der Waals surface area contributed by atoms with Crippen LogP contribution in [0.2, 0.25) is 0 Å². The molecule has 0 radical (unpaired) electrons. The van der Waals surface area contributed by atoms with Gasteiger partial charge in [0.1, 0.15) is 0 Å². The van der Waals surface area contributed by atoms with E-state index in [0.717, 1.165) is 12.5 Å². The first-order chi connectivity index (χ1) is 6.34. The molecular weight excluding hydrogens is 246 g/mol. The molecule has 1 saturated carbocycles. The molecule has 0 saturated heterocycles. The molecule has 0 aliphatic heterocycles. The number of hydrogen-bond donors (Lipinski definition) is 1. The largest absolute Gasteiger partial charge is 0.312 e. The first kappa shape index (κ1) is 9.69. The lowest BCUT2D eigenvalue weighted by Crippen LogP contribution is -2.14. The third-order valence-corrected chi connectivity index (χ3v) is 3.98. The summed E-state index contributed by atoms with van der Waals surface area (Å²) in [4.78, 5) is 1.42. The van der Waals surface area contributed by atoms with Crippen LogP contribution in [0.5, 0.6) is 0 Å². The van der Waals surface area contributed by atoms with E-state index in [0.29, 0.717) is 0 Å². The Bertz CT molecular complexity index is 268. The maximum Gasteiger partial charge on any atom is 0.0701 e. The van der Waals surface area contributed by atoms with Crippen LogP contribution < -0.4 is 5.32 Å². The number of rotatable bonds is 5. The van der Waals surface area contributed by atoms with E-state index in [9.17, 15) is 0 Å². The fourth-order valence-electron chi connectivity index (χ4n) is 1.37. The van der Waals surface area contributed by atoms with Crippen molar-refractivity contribution in [3.05, 3.63) is 20.8 Å². The molecule has 3 heteroatoms. The summed E-state index contributed by atoms with van der Waals surface area (Å²) in [5.41, 5.74) is 0. The van der Waals surface area contributed by atoms with E-state index in [1.165, 1.54) is 34.5 Å². The molecule has 2 rings (SSSR count). The van der Waals surface area contributed by atoms with Crippen molar-refractivity contribution in [3.63, 3.8) is 0 Å². The van der Waals surface area contributed by atoms with Crippen molar-refractivity contribution in [2.24, 2.45) is 5.92 Å². The van der Waals surface area contributed by atoms with Gasteiger partial charge in [0, 0.05) is 11.4 Å². The monoisotopic (exact) mass is 259 g/mol. The average Bonchev–Trinajstić information content (AvgIpc) is 2.84. The lowest BCUT2D eigenvalue weighted by atomic mass is 10.3. The Morgan fingerprint density at radius 3 is 2.92 bits per heavy atom. The summed E-state index contributed by atoms with van der Waals surface area (Å²) in [6.45, 7) is 2.21. The van der Waals surface area contributed by atoms with Gasteiger partial charge >= 0.3 is 0 Å². The predicted octanol–water partition coefficient (Wildman–Crippen LogP) is 3.40. The van der Waals surface area contributed by atoms with Crippen LogP contribution in [0.15, 0.2) is 15.9 Å². The molecule has 13 heavy (non-hydrogen) atoms. The molecule has 1 nitrogen and oxygen atoms in total. The van der Waals surface area contributed by atoms with Gasteiger partial charge in [0.05, 0.1) is 3.79 Å². The molecule has 0 spiro atoms. The molecule has 1 aliphatic carbocycles. The van der Waals surface area contributed by atoms with Crippen LogP contribution in [-0.2, 0) is 6.54 Å². The highest BCUT2D eigenvalue weighted by Gasteiger charge is 2.19. The van der Waals surface area contributed by atoms with E-state index in [1.807, 2.05) is 11.3 Å². The zero-order chi connectivity index (χ0) is 9.10. The van der Waals surface area contributed by atoms with E-state index >= 15 is 0 Å². The maximum absolute atomic E-state index is 3.48. The topological polar surface area (TPSA) is 12.0 Å². The van der Waals surface area contributed by atoms with Crippen LogP contribution in [-0.4, -0.2) is 6.54 Å². The lowest BCUT2D eigenvalue weighted by molar-refractivity contribution is 0.616. The minimum Gasteiger partial charge on any atom is -0.312 e. The van der Waals surface area contributed by atoms with Crippen LogP contribution >= 0.6 is 27.3 Å². The Balaban J connectivity index is 1.61. The molecule has 1 aliphatic rings. The Morgan fingerprint density at radius 2 is 2.31 bits per heavy atom. The fourth-order valence-corrected chi connectivity index (χ4v) is 2.82. The Labute approximate surface area is 91.7 Å². The standard InChI is InChI=1S/C10H14BrNS/c11-10-4-3-9(13-10)7-12-6-5-8-1-2-8/h3-4,8,12H,1-2,5-7H2. The summed E-state index contributed by atoms with van der Waals surface area (Å²) in [5.74, 6) is 1.04. The van der Waals surface area contributed by atoms with Gasteiger partial charge in [0.2, 0.25) is 0 Å². The van der Waals surface area contributed by atoms with Gasteiger partial charge in [0.25, 0.3) is 0 Å². The van der Waals surface area contributed by atoms with Gasteiger partial charge in [-0.1, -0.05) is 12.8 Å². The molecule has 0 amide bonds. The molecule has 1 fully saturated rings. The maximum atomic E-state index is 3.48. The Morgan fingerprint density at radius 1 is 1.46 bits per heavy atom.